The number of thiazole rings is 1. The van der Waals surface area contributed by atoms with Gasteiger partial charge >= 0.3 is 0 Å². The number of rotatable bonds is 4. The summed E-state index contributed by atoms with van der Waals surface area (Å²) in [5.74, 6) is 0.782. The predicted molar refractivity (Wildman–Crippen MR) is 83.3 cm³/mol. The van der Waals surface area contributed by atoms with Gasteiger partial charge in [0.1, 0.15) is 0 Å². The van der Waals surface area contributed by atoms with Crippen LogP contribution in [0.4, 0.5) is 5.69 Å². The molecule has 1 N–H and O–H groups in total. The van der Waals surface area contributed by atoms with Gasteiger partial charge in [-0.25, -0.2) is 4.98 Å². The third-order valence-corrected chi connectivity index (χ3v) is 5.04. The van der Waals surface area contributed by atoms with E-state index in [2.05, 4.69) is 11.1 Å². The van der Waals surface area contributed by atoms with Gasteiger partial charge in [-0.2, -0.15) is 0 Å². The largest absolute Gasteiger partial charge is 0.733 e. The van der Waals surface area contributed by atoms with Crippen LogP contribution in [0, 0.1) is 5.21 Å². The van der Waals surface area contributed by atoms with Crippen molar-refractivity contribution >= 4 is 39.0 Å². The molecule has 6 heteroatoms. The highest BCUT2D eigenvalue weighted by Crippen LogP contribution is 2.31. The number of benzene rings is 2. The van der Waals surface area contributed by atoms with Crippen LogP contribution in [0.1, 0.15) is 5.56 Å². The third-order valence-electron chi connectivity index (χ3n) is 2.79. The summed E-state index contributed by atoms with van der Waals surface area (Å²) in [7, 11) is 0. The van der Waals surface area contributed by atoms with Crippen LogP contribution >= 0.6 is 23.1 Å². The van der Waals surface area contributed by atoms with Crippen LogP contribution in [0.3, 0.4) is 0 Å². The number of fused-ring (bicyclic) bond motifs is 1. The molecule has 0 radical (unpaired) electrons. The predicted octanol–water partition coefficient (Wildman–Crippen LogP) is 4.28. The van der Waals surface area contributed by atoms with E-state index in [-0.39, 0.29) is 10.9 Å². The highest BCUT2D eigenvalue weighted by molar-refractivity contribution is 8.00. The Labute approximate surface area is 124 Å². The van der Waals surface area contributed by atoms with Gasteiger partial charge in [0.25, 0.3) is 0 Å². The fraction of sp³-hybridized carbons (Fsp3) is 0.0714. The van der Waals surface area contributed by atoms with Gasteiger partial charge in [-0.05, 0) is 29.8 Å². The molecule has 0 aliphatic heterocycles. The van der Waals surface area contributed by atoms with Crippen molar-refractivity contribution in [2.24, 2.45) is 0 Å². The smallest absolute Gasteiger partial charge is 0.151 e. The second-order valence-electron chi connectivity index (χ2n) is 4.18. The van der Waals surface area contributed by atoms with Gasteiger partial charge in [0.2, 0.25) is 0 Å². The van der Waals surface area contributed by atoms with E-state index in [1.165, 1.54) is 4.70 Å². The maximum absolute atomic E-state index is 10.7. The Morgan fingerprint density at radius 2 is 1.90 bits per heavy atom. The Balaban J connectivity index is 1.69. The second-order valence-corrected chi connectivity index (χ2v) is 6.43. The van der Waals surface area contributed by atoms with Crippen LogP contribution in [0.15, 0.2) is 52.9 Å². The van der Waals surface area contributed by atoms with Gasteiger partial charge in [-0.1, -0.05) is 36.0 Å². The number of anilines is 1. The Hall–Kier alpha value is -1.60. The van der Waals surface area contributed by atoms with Crippen LogP contribution < -0.4 is 5.23 Å². The molecule has 0 fully saturated rings. The lowest BCUT2D eigenvalue weighted by Gasteiger charge is -2.21. The Morgan fingerprint density at radius 3 is 2.60 bits per heavy atom. The van der Waals surface area contributed by atoms with Crippen molar-refractivity contribution < 1.29 is 5.21 Å². The lowest BCUT2D eigenvalue weighted by atomic mass is 10.2. The minimum atomic E-state index is -0.134. The molecular weight excluding hydrogens is 292 g/mol. The van der Waals surface area contributed by atoms with Crippen LogP contribution in [-0.2, 0) is 5.75 Å². The highest BCUT2D eigenvalue weighted by Gasteiger charge is 2.04. The van der Waals surface area contributed by atoms with Crippen molar-refractivity contribution in [1.29, 1.82) is 0 Å². The third kappa shape index (κ3) is 2.94. The maximum Gasteiger partial charge on any atom is 0.151 e. The Bertz CT molecular complexity index is 678. The first kappa shape index (κ1) is 13.4. The standard InChI is InChI=1S/C14H11N2O2S2/c17-16(18)11-7-5-10(6-8-11)9-19-14-15-12-3-1-2-4-13(12)20-14/h1-8,17H,9H2/q-1. The minimum Gasteiger partial charge on any atom is -0.733 e. The van der Waals surface area contributed by atoms with Gasteiger partial charge in [0.05, 0.1) is 15.9 Å². The van der Waals surface area contributed by atoms with Crippen molar-refractivity contribution in [2.45, 2.75) is 10.1 Å². The molecule has 3 rings (SSSR count). The first-order chi connectivity index (χ1) is 9.72. The minimum absolute atomic E-state index is 0.134. The van der Waals surface area contributed by atoms with Gasteiger partial charge in [0.15, 0.2) is 4.34 Å². The summed E-state index contributed by atoms with van der Waals surface area (Å²) < 4.78 is 2.22. The van der Waals surface area contributed by atoms with Crippen molar-refractivity contribution in [3.05, 3.63) is 59.3 Å². The van der Waals surface area contributed by atoms with Crippen LogP contribution in [0.5, 0.6) is 0 Å². The summed E-state index contributed by atoms with van der Waals surface area (Å²) in [6.45, 7) is 0. The van der Waals surface area contributed by atoms with E-state index in [0.29, 0.717) is 0 Å². The van der Waals surface area contributed by atoms with E-state index in [9.17, 15) is 5.21 Å². The molecule has 0 aliphatic rings. The molecule has 1 aromatic heterocycles. The Kier molecular flexibility index (Phi) is 3.88. The van der Waals surface area contributed by atoms with Crippen LogP contribution in [0.25, 0.3) is 10.2 Å². The SMILES string of the molecule is [O-]N(O)c1ccc(CSc2nc3ccccc3s2)cc1. The van der Waals surface area contributed by atoms with Crippen LogP contribution in [-0.4, -0.2) is 10.2 Å². The zero-order chi connectivity index (χ0) is 13.9. The van der Waals surface area contributed by atoms with E-state index >= 15 is 0 Å². The zero-order valence-electron chi connectivity index (χ0n) is 10.4. The van der Waals surface area contributed by atoms with Crippen molar-refractivity contribution in [3.63, 3.8) is 0 Å². The van der Waals surface area contributed by atoms with Crippen molar-refractivity contribution in [1.82, 2.24) is 4.98 Å². The topological polar surface area (TPSA) is 59.4 Å². The Morgan fingerprint density at radius 1 is 1.15 bits per heavy atom. The fourth-order valence-electron chi connectivity index (χ4n) is 1.78. The molecule has 0 spiro atoms. The fourth-order valence-corrected chi connectivity index (χ4v) is 3.80. The summed E-state index contributed by atoms with van der Waals surface area (Å²) in [5.41, 5.74) is 2.34. The molecule has 0 atom stereocenters. The van der Waals surface area contributed by atoms with Crippen molar-refractivity contribution in [3.8, 4) is 0 Å². The number of hydrogen-bond donors (Lipinski definition) is 1. The van der Waals surface area contributed by atoms with E-state index in [0.717, 1.165) is 21.2 Å². The molecule has 0 aliphatic carbocycles. The average Bonchev–Trinajstić information content (AvgIpc) is 2.88. The molecule has 2 aromatic carbocycles. The molecule has 0 saturated carbocycles. The molecule has 0 unspecified atom stereocenters. The molecule has 1 heterocycles. The van der Waals surface area contributed by atoms with Crippen molar-refractivity contribution in [2.75, 3.05) is 5.23 Å². The number of aromatic nitrogens is 1. The molecular formula is C14H11N2O2S2-. The lowest BCUT2D eigenvalue weighted by molar-refractivity contribution is 0.296. The number of hydrogen-bond acceptors (Lipinski definition) is 6. The summed E-state index contributed by atoms with van der Waals surface area (Å²) in [5, 5.41) is 19.3. The summed E-state index contributed by atoms with van der Waals surface area (Å²) >= 11 is 3.34. The van der Waals surface area contributed by atoms with Crippen LogP contribution in [0.2, 0.25) is 0 Å². The quantitative estimate of drug-likeness (QED) is 0.576. The normalized spacial score (nSPS) is 10.9. The van der Waals surface area contributed by atoms with Gasteiger partial charge in [-0.15, -0.1) is 11.3 Å². The molecule has 0 bridgehead atoms. The first-order valence-electron chi connectivity index (χ1n) is 5.96. The van der Waals surface area contributed by atoms with Gasteiger partial charge in [0, 0.05) is 5.75 Å². The number of para-hydroxylation sites is 1. The molecule has 3 aromatic rings. The highest BCUT2D eigenvalue weighted by atomic mass is 32.2. The van der Waals surface area contributed by atoms with Gasteiger partial charge in [-0.3, -0.25) is 5.21 Å². The van der Waals surface area contributed by atoms with E-state index in [1.807, 2.05) is 30.3 Å². The maximum atomic E-state index is 10.7. The second kappa shape index (κ2) is 5.80. The lowest BCUT2D eigenvalue weighted by Crippen LogP contribution is -2.06. The van der Waals surface area contributed by atoms with E-state index in [1.54, 1.807) is 35.2 Å². The molecule has 4 nitrogen and oxygen atoms in total. The first-order valence-corrected chi connectivity index (χ1v) is 7.76. The summed E-state index contributed by atoms with van der Waals surface area (Å²) in [4.78, 5) is 4.56. The zero-order valence-corrected chi connectivity index (χ0v) is 12.0. The summed E-state index contributed by atoms with van der Waals surface area (Å²) in [6.07, 6.45) is 0. The number of thioether (sulfide) groups is 1. The monoisotopic (exact) mass is 303 g/mol. The van der Waals surface area contributed by atoms with E-state index in [4.69, 9.17) is 5.21 Å². The molecule has 20 heavy (non-hydrogen) atoms. The van der Waals surface area contributed by atoms with Gasteiger partial charge < -0.3 is 10.4 Å². The number of nitrogens with zero attached hydrogens (tertiary/aromatic N) is 2. The average molecular weight is 303 g/mol. The molecule has 102 valence electrons. The van der Waals surface area contributed by atoms with E-state index < -0.39 is 0 Å². The molecule has 0 saturated heterocycles. The summed E-state index contributed by atoms with van der Waals surface area (Å²) in [6, 6.07) is 14.9. The molecule has 0 amide bonds.